The van der Waals surface area contributed by atoms with Gasteiger partial charge in [-0.15, -0.1) is 0 Å². The van der Waals surface area contributed by atoms with Crippen LogP contribution in [0.4, 0.5) is 14.5 Å². The molecule has 0 aliphatic heterocycles. The molecule has 1 N–H and O–H groups in total. The number of aryl methyl sites for hydroxylation is 1. The van der Waals surface area contributed by atoms with Gasteiger partial charge in [-0.25, -0.2) is 8.78 Å². The summed E-state index contributed by atoms with van der Waals surface area (Å²) < 4.78 is 29.1. The van der Waals surface area contributed by atoms with Crippen LogP contribution in [-0.4, -0.2) is 16.3 Å². The van der Waals surface area contributed by atoms with Crippen LogP contribution < -0.4 is 5.32 Å². The summed E-state index contributed by atoms with van der Waals surface area (Å²) in [7, 11) is 1.83. The second kappa shape index (κ2) is 5.48. The van der Waals surface area contributed by atoms with Gasteiger partial charge >= 0.3 is 0 Å². The Morgan fingerprint density at radius 1 is 1.33 bits per heavy atom. The van der Waals surface area contributed by atoms with Gasteiger partial charge in [-0.2, -0.15) is 5.10 Å². The Morgan fingerprint density at radius 3 is 2.56 bits per heavy atom. The lowest BCUT2D eigenvalue weighted by atomic mass is 10.2. The highest BCUT2D eigenvalue weighted by Crippen LogP contribution is 2.23. The molecular formula is C12H12BrF2N3. The lowest BCUT2D eigenvalue weighted by molar-refractivity contribution is 0.586. The number of benzene rings is 1. The number of halogens is 3. The summed E-state index contributed by atoms with van der Waals surface area (Å²) in [6, 6.07) is 4.33. The zero-order chi connectivity index (χ0) is 13.1. The van der Waals surface area contributed by atoms with Crippen LogP contribution in [0, 0.1) is 11.6 Å². The fourth-order valence-corrected chi connectivity index (χ4v) is 2.08. The molecule has 1 aromatic carbocycles. The molecule has 0 fully saturated rings. The van der Waals surface area contributed by atoms with E-state index < -0.39 is 11.6 Å². The molecule has 2 rings (SSSR count). The molecule has 2 aromatic rings. The summed E-state index contributed by atoms with van der Waals surface area (Å²) in [5.41, 5.74) is 0.904. The van der Waals surface area contributed by atoms with Gasteiger partial charge in [0.2, 0.25) is 0 Å². The van der Waals surface area contributed by atoms with Crippen LogP contribution in [0.3, 0.4) is 0 Å². The van der Waals surface area contributed by atoms with Gasteiger partial charge in [0.05, 0.1) is 0 Å². The van der Waals surface area contributed by atoms with Crippen molar-refractivity contribution in [1.29, 1.82) is 0 Å². The maximum atomic E-state index is 13.5. The Labute approximate surface area is 112 Å². The number of hydrogen-bond donors (Lipinski definition) is 1. The van der Waals surface area contributed by atoms with Gasteiger partial charge in [0, 0.05) is 36.4 Å². The molecular weight excluding hydrogens is 304 g/mol. The van der Waals surface area contributed by atoms with Crippen LogP contribution >= 0.6 is 15.9 Å². The molecule has 1 heterocycles. The van der Waals surface area contributed by atoms with Gasteiger partial charge in [0.15, 0.2) is 0 Å². The van der Waals surface area contributed by atoms with Crippen molar-refractivity contribution in [3.05, 3.63) is 46.2 Å². The predicted molar refractivity (Wildman–Crippen MR) is 69.5 cm³/mol. The summed E-state index contributed by atoms with van der Waals surface area (Å²) in [6.07, 6.45) is 2.33. The first-order valence-corrected chi connectivity index (χ1v) is 6.22. The molecule has 0 aliphatic rings. The second-order valence-electron chi connectivity index (χ2n) is 3.87. The van der Waals surface area contributed by atoms with Crippen LogP contribution in [0.15, 0.2) is 28.9 Å². The third-order valence-corrected chi connectivity index (χ3v) is 3.07. The number of anilines is 1. The zero-order valence-electron chi connectivity index (χ0n) is 9.75. The minimum absolute atomic E-state index is 0.0969. The minimum Gasteiger partial charge on any atom is -0.380 e. The Kier molecular flexibility index (Phi) is 3.96. The van der Waals surface area contributed by atoms with Gasteiger partial charge in [0.25, 0.3) is 0 Å². The van der Waals surface area contributed by atoms with E-state index in [1.54, 1.807) is 10.9 Å². The second-order valence-corrected chi connectivity index (χ2v) is 4.78. The number of nitrogens with zero attached hydrogens (tertiary/aromatic N) is 2. The average Bonchev–Trinajstić information content (AvgIpc) is 2.68. The Balaban J connectivity index is 2.01. The summed E-state index contributed by atoms with van der Waals surface area (Å²) in [5, 5.41) is 6.79. The monoisotopic (exact) mass is 315 g/mol. The summed E-state index contributed by atoms with van der Waals surface area (Å²) >= 11 is 3.04. The van der Waals surface area contributed by atoms with Crippen molar-refractivity contribution in [2.24, 2.45) is 7.05 Å². The van der Waals surface area contributed by atoms with Crippen LogP contribution in [0.5, 0.6) is 0 Å². The largest absolute Gasteiger partial charge is 0.380 e. The van der Waals surface area contributed by atoms with Crippen molar-refractivity contribution in [3.63, 3.8) is 0 Å². The maximum Gasteiger partial charge on any atom is 0.150 e. The fourth-order valence-electron chi connectivity index (χ4n) is 1.67. The van der Waals surface area contributed by atoms with Crippen molar-refractivity contribution in [3.8, 4) is 0 Å². The third kappa shape index (κ3) is 2.87. The molecule has 0 unspecified atom stereocenters. The van der Waals surface area contributed by atoms with Gasteiger partial charge in [0.1, 0.15) is 17.3 Å². The smallest absolute Gasteiger partial charge is 0.150 e. The Hall–Kier alpha value is -1.43. The van der Waals surface area contributed by atoms with Crippen LogP contribution in [0.1, 0.15) is 5.69 Å². The fraction of sp³-hybridized carbons (Fsp3) is 0.250. The molecule has 1 aromatic heterocycles. The lowest BCUT2D eigenvalue weighted by Gasteiger charge is -2.09. The summed E-state index contributed by atoms with van der Waals surface area (Å²) in [5.74, 6) is -1.21. The molecule has 0 radical (unpaired) electrons. The SMILES string of the molecule is Cn1nccc1CCNc1c(F)cc(Br)cc1F. The molecule has 0 saturated heterocycles. The molecule has 3 nitrogen and oxygen atoms in total. The van der Waals surface area contributed by atoms with E-state index in [2.05, 4.69) is 26.3 Å². The van der Waals surface area contributed by atoms with E-state index in [4.69, 9.17) is 0 Å². The average molecular weight is 316 g/mol. The number of hydrogen-bond acceptors (Lipinski definition) is 2. The topological polar surface area (TPSA) is 29.9 Å². The normalized spacial score (nSPS) is 10.7. The predicted octanol–water partition coefficient (Wildman–Crippen LogP) is 3.12. The molecule has 0 atom stereocenters. The van der Waals surface area contributed by atoms with Crippen molar-refractivity contribution < 1.29 is 8.78 Å². The minimum atomic E-state index is -0.605. The molecule has 18 heavy (non-hydrogen) atoms. The number of rotatable bonds is 4. The maximum absolute atomic E-state index is 13.5. The molecule has 96 valence electrons. The molecule has 6 heteroatoms. The van der Waals surface area contributed by atoms with E-state index in [0.29, 0.717) is 17.4 Å². The highest BCUT2D eigenvalue weighted by molar-refractivity contribution is 9.10. The van der Waals surface area contributed by atoms with Gasteiger partial charge in [-0.1, -0.05) is 15.9 Å². The molecule has 0 saturated carbocycles. The lowest BCUT2D eigenvalue weighted by Crippen LogP contribution is -2.10. The van der Waals surface area contributed by atoms with Crippen LogP contribution in [-0.2, 0) is 13.5 Å². The first-order chi connectivity index (χ1) is 8.58. The van der Waals surface area contributed by atoms with Crippen LogP contribution in [0.2, 0.25) is 0 Å². The standard InChI is InChI=1S/C12H12BrF2N3/c1-18-9(3-5-17-18)2-4-16-12-10(14)6-8(13)7-11(12)15/h3,5-7,16H,2,4H2,1H3. The first-order valence-electron chi connectivity index (χ1n) is 5.43. The van der Waals surface area contributed by atoms with Crippen molar-refractivity contribution in [1.82, 2.24) is 9.78 Å². The first kappa shape index (κ1) is 13.0. The van der Waals surface area contributed by atoms with E-state index in [0.717, 1.165) is 5.69 Å². The van der Waals surface area contributed by atoms with Crippen LogP contribution in [0.25, 0.3) is 0 Å². The Bertz CT molecular complexity index is 531. The van der Waals surface area contributed by atoms with Crippen molar-refractivity contribution in [2.45, 2.75) is 6.42 Å². The number of nitrogens with one attached hydrogen (secondary N) is 1. The summed E-state index contributed by atoms with van der Waals surface area (Å²) in [6.45, 7) is 0.439. The van der Waals surface area contributed by atoms with E-state index in [1.807, 2.05) is 13.1 Å². The highest BCUT2D eigenvalue weighted by Gasteiger charge is 2.10. The highest BCUT2D eigenvalue weighted by atomic mass is 79.9. The zero-order valence-corrected chi connectivity index (χ0v) is 11.3. The van der Waals surface area contributed by atoms with E-state index in [9.17, 15) is 8.78 Å². The van der Waals surface area contributed by atoms with E-state index in [-0.39, 0.29) is 5.69 Å². The van der Waals surface area contributed by atoms with E-state index >= 15 is 0 Å². The molecule has 0 amide bonds. The Morgan fingerprint density at radius 2 is 2.00 bits per heavy atom. The van der Waals surface area contributed by atoms with Gasteiger partial charge in [-0.3, -0.25) is 4.68 Å². The van der Waals surface area contributed by atoms with Gasteiger partial charge < -0.3 is 5.32 Å². The molecule has 0 aliphatic carbocycles. The molecule has 0 bridgehead atoms. The number of aromatic nitrogens is 2. The third-order valence-electron chi connectivity index (χ3n) is 2.61. The van der Waals surface area contributed by atoms with Gasteiger partial charge in [-0.05, 0) is 18.2 Å². The van der Waals surface area contributed by atoms with Crippen molar-refractivity contribution >= 4 is 21.6 Å². The van der Waals surface area contributed by atoms with Crippen molar-refractivity contribution in [2.75, 3.05) is 11.9 Å². The summed E-state index contributed by atoms with van der Waals surface area (Å²) in [4.78, 5) is 0. The quantitative estimate of drug-likeness (QED) is 0.939. The van der Waals surface area contributed by atoms with E-state index in [1.165, 1.54) is 12.1 Å². The molecule has 0 spiro atoms.